The van der Waals surface area contributed by atoms with Crippen molar-refractivity contribution < 1.29 is 13.2 Å². The highest BCUT2D eigenvalue weighted by Crippen LogP contribution is 2.27. The van der Waals surface area contributed by atoms with Crippen LogP contribution in [0, 0.1) is 13.8 Å². The molecule has 0 aromatic heterocycles. The van der Waals surface area contributed by atoms with Gasteiger partial charge in [-0.25, -0.2) is 8.42 Å². The number of hydrogen-bond donors (Lipinski definition) is 1. The van der Waals surface area contributed by atoms with Crippen LogP contribution < -0.4 is 9.62 Å². The predicted octanol–water partition coefficient (Wildman–Crippen LogP) is 3.71. The average Bonchev–Trinajstić information content (AvgIpc) is 2.52. The van der Waals surface area contributed by atoms with Crippen LogP contribution >= 0.6 is 15.9 Å². The fraction of sp³-hybridized carbons (Fsp3) is 0.316. The maximum atomic E-state index is 12.5. The van der Waals surface area contributed by atoms with E-state index >= 15 is 0 Å². The van der Waals surface area contributed by atoms with Crippen molar-refractivity contribution >= 4 is 37.5 Å². The number of nitrogens with one attached hydrogen (secondary N) is 1. The van der Waals surface area contributed by atoms with Gasteiger partial charge in [-0.2, -0.15) is 0 Å². The smallest absolute Gasteiger partial charge is 0.241 e. The van der Waals surface area contributed by atoms with Gasteiger partial charge in [0.05, 0.1) is 18.0 Å². The minimum atomic E-state index is -3.61. The lowest BCUT2D eigenvalue weighted by molar-refractivity contribution is -0.120. The number of halogens is 1. The molecule has 1 atom stereocenters. The van der Waals surface area contributed by atoms with Gasteiger partial charge in [-0.15, -0.1) is 0 Å². The Morgan fingerprint density at radius 1 is 1.19 bits per heavy atom. The number of hydrogen-bond acceptors (Lipinski definition) is 3. The summed E-state index contributed by atoms with van der Waals surface area (Å²) in [6.07, 6.45) is 1.09. The van der Waals surface area contributed by atoms with Crippen LogP contribution in [0.2, 0.25) is 0 Å². The maximum absolute atomic E-state index is 12.5. The summed E-state index contributed by atoms with van der Waals surface area (Å²) in [6.45, 7) is 5.62. The number of amides is 1. The summed E-state index contributed by atoms with van der Waals surface area (Å²) < 4.78 is 26.1. The van der Waals surface area contributed by atoms with E-state index < -0.39 is 10.0 Å². The molecule has 1 N–H and O–H groups in total. The molecule has 0 bridgehead atoms. The summed E-state index contributed by atoms with van der Waals surface area (Å²) >= 11 is 3.35. The van der Waals surface area contributed by atoms with Crippen molar-refractivity contribution in [1.29, 1.82) is 0 Å². The minimum absolute atomic E-state index is 0.219. The zero-order valence-electron chi connectivity index (χ0n) is 15.3. The zero-order valence-corrected chi connectivity index (χ0v) is 17.7. The molecule has 5 nitrogen and oxygen atoms in total. The second-order valence-electron chi connectivity index (χ2n) is 6.37. The molecule has 0 radical (unpaired) electrons. The van der Waals surface area contributed by atoms with Crippen LogP contribution in [0.25, 0.3) is 0 Å². The number of carbonyl (C=O) groups excluding carboxylic acids is 1. The molecule has 0 aliphatic heterocycles. The van der Waals surface area contributed by atoms with Crippen molar-refractivity contribution in [2.45, 2.75) is 26.8 Å². The van der Waals surface area contributed by atoms with Gasteiger partial charge in [0.2, 0.25) is 15.9 Å². The molecule has 1 amide bonds. The van der Waals surface area contributed by atoms with Gasteiger partial charge >= 0.3 is 0 Å². The van der Waals surface area contributed by atoms with E-state index in [0.717, 1.165) is 27.3 Å². The summed E-state index contributed by atoms with van der Waals surface area (Å²) in [5.41, 5.74) is 3.69. The van der Waals surface area contributed by atoms with Gasteiger partial charge in [-0.1, -0.05) is 35.9 Å². The van der Waals surface area contributed by atoms with Gasteiger partial charge in [-0.05, 0) is 60.0 Å². The molecule has 0 aliphatic rings. The number of benzene rings is 2. The number of sulfonamides is 1. The molecule has 26 heavy (non-hydrogen) atoms. The SMILES string of the molecule is Cc1ccc(C(C)NC(=O)CN(c2ccccc2Br)S(C)(=O)=O)c(C)c1. The largest absolute Gasteiger partial charge is 0.348 e. The van der Waals surface area contributed by atoms with Gasteiger partial charge in [0.25, 0.3) is 0 Å². The van der Waals surface area contributed by atoms with Crippen molar-refractivity contribution in [2.75, 3.05) is 17.1 Å². The monoisotopic (exact) mass is 438 g/mol. The quantitative estimate of drug-likeness (QED) is 0.747. The molecule has 2 aromatic carbocycles. The van der Waals surface area contributed by atoms with Crippen LogP contribution in [0.1, 0.15) is 29.7 Å². The zero-order chi connectivity index (χ0) is 19.5. The van der Waals surface area contributed by atoms with Crippen LogP contribution in [0.5, 0.6) is 0 Å². The lowest BCUT2D eigenvalue weighted by Crippen LogP contribution is -2.41. The highest BCUT2D eigenvalue weighted by atomic mass is 79.9. The van der Waals surface area contributed by atoms with Gasteiger partial charge in [0, 0.05) is 4.47 Å². The number of carbonyl (C=O) groups is 1. The first-order valence-corrected chi connectivity index (χ1v) is 10.8. The van der Waals surface area contributed by atoms with E-state index in [1.165, 1.54) is 0 Å². The summed E-state index contributed by atoms with van der Waals surface area (Å²) in [4.78, 5) is 12.5. The number of anilines is 1. The molecular weight excluding hydrogens is 416 g/mol. The summed E-state index contributed by atoms with van der Waals surface area (Å²) in [7, 11) is -3.61. The molecule has 2 rings (SSSR count). The van der Waals surface area contributed by atoms with Crippen LogP contribution in [-0.2, 0) is 14.8 Å². The van der Waals surface area contributed by atoms with Gasteiger partial charge in [-0.3, -0.25) is 9.10 Å². The van der Waals surface area contributed by atoms with Crippen LogP contribution in [0.15, 0.2) is 46.9 Å². The average molecular weight is 439 g/mol. The van der Waals surface area contributed by atoms with E-state index in [1.54, 1.807) is 24.3 Å². The molecule has 0 fully saturated rings. The lowest BCUT2D eigenvalue weighted by atomic mass is 10.0. The third-order valence-corrected chi connectivity index (χ3v) is 5.88. The van der Waals surface area contributed by atoms with Crippen LogP contribution in [-0.4, -0.2) is 27.1 Å². The molecule has 0 heterocycles. The number of rotatable bonds is 6. The first-order chi connectivity index (χ1) is 12.1. The Balaban J connectivity index is 2.19. The Hall–Kier alpha value is -1.86. The van der Waals surface area contributed by atoms with Crippen molar-refractivity contribution in [1.82, 2.24) is 5.32 Å². The Labute approximate surface area is 163 Å². The molecule has 1 unspecified atom stereocenters. The predicted molar refractivity (Wildman–Crippen MR) is 109 cm³/mol. The fourth-order valence-corrected chi connectivity index (χ4v) is 4.33. The molecule has 0 spiro atoms. The van der Waals surface area contributed by atoms with E-state index in [9.17, 15) is 13.2 Å². The number of para-hydroxylation sites is 1. The molecule has 0 aliphatic carbocycles. The van der Waals surface area contributed by atoms with Crippen molar-refractivity contribution in [3.63, 3.8) is 0 Å². The second-order valence-corrected chi connectivity index (χ2v) is 9.13. The first-order valence-electron chi connectivity index (χ1n) is 8.18. The standard InChI is InChI=1S/C19H23BrN2O3S/c1-13-9-10-16(14(2)11-13)15(3)21-19(23)12-22(26(4,24)25)18-8-6-5-7-17(18)20/h5-11,15H,12H2,1-4H3,(H,21,23). The fourth-order valence-electron chi connectivity index (χ4n) is 2.84. The maximum Gasteiger partial charge on any atom is 0.241 e. The second kappa shape index (κ2) is 8.22. The Morgan fingerprint density at radius 2 is 1.85 bits per heavy atom. The van der Waals surface area contributed by atoms with E-state index in [2.05, 4.69) is 27.3 Å². The van der Waals surface area contributed by atoms with Crippen LogP contribution in [0.4, 0.5) is 5.69 Å². The third kappa shape index (κ3) is 5.08. The Morgan fingerprint density at radius 3 is 2.42 bits per heavy atom. The van der Waals surface area contributed by atoms with E-state index in [4.69, 9.17) is 0 Å². The van der Waals surface area contributed by atoms with Crippen LogP contribution in [0.3, 0.4) is 0 Å². The van der Waals surface area contributed by atoms with E-state index in [-0.39, 0.29) is 18.5 Å². The first kappa shape index (κ1) is 20.5. The molecule has 7 heteroatoms. The summed E-state index contributed by atoms with van der Waals surface area (Å²) in [5, 5.41) is 2.89. The summed E-state index contributed by atoms with van der Waals surface area (Å²) in [5.74, 6) is -0.362. The molecule has 0 saturated carbocycles. The van der Waals surface area contributed by atoms with Gasteiger partial charge in [0.15, 0.2) is 0 Å². The Kier molecular flexibility index (Phi) is 6.47. The van der Waals surface area contributed by atoms with Crippen molar-refractivity contribution in [3.05, 3.63) is 63.6 Å². The molecule has 0 saturated heterocycles. The van der Waals surface area contributed by atoms with Crippen molar-refractivity contribution in [2.24, 2.45) is 0 Å². The molecule has 140 valence electrons. The van der Waals surface area contributed by atoms with Crippen molar-refractivity contribution in [3.8, 4) is 0 Å². The molecular formula is C19H23BrN2O3S. The molecule has 2 aromatic rings. The lowest BCUT2D eigenvalue weighted by Gasteiger charge is -2.24. The normalized spacial score (nSPS) is 12.5. The van der Waals surface area contributed by atoms with E-state index in [1.807, 2.05) is 32.9 Å². The highest BCUT2D eigenvalue weighted by Gasteiger charge is 2.23. The Bertz CT molecular complexity index is 913. The number of aryl methyl sites for hydroxylation is 2. The summed E-state index contributed by atoms with van der Waals surface area (Å²) in [6, 6.07) is 12.7. The minimum Gasteiger partial charge on any atom is -0.348 e. The van der Waals surface area contributed by atoms with Gasteiger partial charge in [0.1, 0.15) is 6.54 Å². The highest BCUT2D eigenvalue weighted by molar-refractivity contribution is 9.10. The third-order valence-electron chi connectivity index (χ3n) is 4.08. The topological polar surface area (TPSA) is 66.5 Å². The van der Waals surface area contributed by atoms with Gasteiger partial charge < -0.3 is 5.32 Å². The number of nitrogens with zero attached hydrogens (tertiary/aromatic N) is 1. The van der Waals surface area contributed by atoms with E-state index in [0.29, 0.717) is 10.2 Å².